The molecule has 28 heavy (non-hydrogen) atoms. The van der Waals surface area contributed by atoms with E-state index in [1.165, 1.54) is 44.1 Å². The predicted molar refractivity (Wildman–Crippen MR) is 125 cm³/mol. The SMILES string of the molecule is CCCCCCN(CCCCCC)C(N=C(N)N)=NCCc1ccccc1.Cl. The molecule has 6 heteroatoms. The van der Waals surface area contributed by atoms with Gasteiger partial charge in [-0.1, -0.05) is 82.7 Å². The van der Waals surface area contributed by atoms with Crippen molar-refractivity contribution in [3.8, 4) is 0 Å². The molecule has 0 atom stereocenters. The molecule has 0 saturated heterocycles. The number of nitrogens with zero attached hydrogens (tertiary/aromatic N) is 3. The highest BCUT2D eigenvalue weighted by molar-refractivity contribution is 5.93. The summed E-state index contributed by atoms with van der Waals surface area (Å²) in [6, 6.07) is 10.4. The topological polar surface area (TPSA) is 80.0 Å². The van der Waals surface area contributed by atoms with Crippen molar-refractivity contribution in [1.82, 2.24) is 4.90 Å². The van der Waals surface area contributed by atoms with Gasteiger partial charge in [-0.25, -0.2) is 0 Å². The van der Waals surface area contributed by atoms with Crippen LogP contribution in [0.15, 0.2) is 40.3 Å². The van der Waals surface area contributed by atoms with Gasteiger partial charge in [-0.05, 0) is 24.8 Å². The number of hydrogen-bond acceptors (Lipinski definition) is 1. The molecule has 0 spiro atoms. The highest BCUT2D eigenvalue weighted by atomic mass is 35.5. The lowest BCUT2D eigenvalue weighted by Gasteiger charge is -2.24. The van der Waals surface area contributed by atoms with Crippen molar-refractivity contribution < 1.29 is 0 Å². The smallest absolute Gasteiger partial charge is 0.223 e. The van der Waals surface area contributed by atoms with Crippen LogP contribution in [0.4, 0.5) is 0 Å². The lowest BCUT2D eigenvalue weighted by molar-refractivity contribution is 0.382. The molecule has 0 aliphatic rings. The molecular formula is C22H40ClN5. The van der Waals surface area contributed by atoms with Crippen LogP contribution in [0.1, 0.15) is 70.8 Å². The average molecular weight is 410 g/mol. The van der Waals surface area contributed by atoms with E-state index in [9.17, 15) is 0 Å². The van der Waals surface area contributed by atoms with Gasteiger partial charge >= 0.3 is 0 Å². The summed E-state index contributed by atoms with van der Waals surface area (Å²) in [6.07, 6.45) is 10.7. The summed E-state index contributed by atoms with van der Waals surface area (Å²) in [5.41, 5.74) is 12.7. The van der Waals surface area contributed by atoms with Crippen LogP contribution in [0.3, 0.4) is 0 Å². The molecule has 0 aliphatic heterocycles. The first kappa shape index (κ1) is 26.2. The van der Waals surface area contributed by atoms with Crippen LogP contribution in [-0.2, 0) is 6.42 Å². The van der Waals surface area contributed by atoms with Crippen LogP contribution >= 0.6 is 12.4 Å². The van der Waals surface area contributed by atoms with E-state index in [1.807, 2.05) is 6.07 Å². The standard InChI is InChI=1S/C22H39N5.ClH/c1-3-5-7-12-18-27(19-13-8-6-4-2)22(26-21(23)24)25-17-16-20-14-10-9-11-15-20;/h9-11,14-15H,3-8,12-13,16-19H2,1-2H3,(H4,23,24,25,26);1H. The maximum Gasteiger partial charge on any atom is 0.223 e. The molecule has 0 aliphatic carbocycles. The quantitative estimate of drug-likeness (QED) is 0.280. The second-order valence-electron chi connectivity index (χ2n) is 7.06. The third kappa shape index (κ3) is 12.6. The Kier molecular flexibility index (Phi) is 16.3. The van der Waals surface area contributed by atoms with Gasteiger partial charge < -0.3 is 16.4 Å². The van der Waals surface area contributed by atoms with Crippen LogP contribution in [0, 0.1) is 0 Å². The molecule has 4 N–H and O–H groups in total. The first-order valence-electron chi connectivity index (χ1n) is 10.6. The van der Waals surface area contributed by atoms with E-state index in [2.05, 4.69) is 48.0 Å². The highest BCUT2D eigenvalue weighted by Gasteiger charge is 2.11. The van der Waals surface area contributed by atoms with Crippen molar-refractivity contribution in [1.29, 1.82) is 0 Å². The van der Waals surface area contributed by atoms with E-state index in [0.717, 1.165) is 32.4 Å². The zero-order valence-electron chi connectivity index (χ0n) is 17.8. The van der Waals surface area contributed by atoms with E-state index in [4.69, 9.17) is 16.5 Å². The molecule has 0 saturated carbocycles. The Morgan fingerprint density at radius 1 is 0.857 bits per heavy atom. The Labute approximate surface area is 178 Å². The number of hydrogen-bond donors (Lipinski definition) is 2. The van der Waals surface area contributed by atoms with Gasteiger partial charge in [-0.3, -0.25) is 4.99 Å². The minimum absolute atomic E-state index is 0. The first-order valence-corrected chi connectivity index (χ1v) is 10.6. The Morgan fingerprint density at radius 2 is 1.43 bits per heavy atom. The lowest BCUT2D eigenvalue weighted by Crippen LogP contribution is -2.35. The van der Waals surface area contributed by atoms with E-state index < -0.39 is 0 Å². The average Bonchev–Trinajstić information content (AvgIpc) is 2.66. The second kappa shape index (κ2) is 17.4. The Morgan fingerprint density at radius 3 is 1.93 bits per heavy atom. The summed E-state index contributed by atoms with van der Waals surface area (Å²) in [6.45, 7) is 7.09. The minimum atomic E-state index is 0. The fraction of sp³-hybridized carbons (Fsp3) is 0.636. The number of aliphatic imine (C=N–C) groups is 2. The number of halogens is 1. The van der Waals surface area contributed by atoms with Gasteiger partial charge in [-0.15, -0.1) is 12.4 Å². The molecule has 0 fully saturated rings. The zero-order valence-corrected chi connectivity index (χ0v) is 18.6. The van der Waals surface area contributed by atoms with Crippen molar-refractivity contribution in [2.45, 2.75) is 71.6 Å². The van der Waals surface area contributed by atoms with E-state index in [-0.39, 0.29) is 18.4 Å². The van der Waals surface area contributed by atoms with Crippen molar-refractivity contribution in [3.05, 3.63) is 35.9 Å². The van der Waals surface area contributed by atoms with Gasteiger partial charge in [-0.2, -0.15) is 4.99 Å². The summed E-state index contributed by atoms with van der Waals surface area (Å²) in [7, 11) is 0. The Hall–Kier alpha value is -1.75. The summed E-state index contributed by atoms with van der Waals surface area (Å²) in [5.74, 6) is 0.777. The highest BCUT2D eigenvalue weighted by Crippen LogP contribution is 2.08. The van der Waals surface area contributed by atoms with Crippen LogP contribution in [0.2, 0.25) is 0 Å². The summed E-state index contributed by atoms with van der Waals surface area (Å²) in [5, 5.41) is 0. The molecule has 5 nitrogen and oxygen atoms in total. The number of benzene rings is 1. The zero-order chi connectivity index (χ0) is 19.7. The monoisotopic (exact) mass is 409 g/mol. The summed E-state index contributed by atoms with van der Waals surface area (Å²) < 4.78 is 0. The third-order valence-corrected chi connectivity index (χ3v) is 4.57. The van der Waals surface area contributed by atoms with Crippen molar-refractivity contribution in [3.63, 3.8) is 0 Å². The normalized spacial score (nSPS) is 11.0. The number of nitrogens with two attached hydrogens (primary N) is 2. The van der Waals surface area contributed by atoms with Crippen LogP contribution in [0.25, 0.3) is 0 Å². The number of guanidine groups is 2. The van der Waals surface area contributed by atoms with Gasteiger partial charge in [0, 0.05) is 19.6 Å². The summed E-state index contributed by atoms with van der Waals surface area (Å²) >= 11 is 0. The Bertz CT molecular complexity index is 529. The molecule has 0 radical (unpaired) electrons. The lowest BCUT2D eigenvalue weighted by atomic mass is 10.1. The molecule has 160 valence electrons. The number of unbranched alkanes of at least 4 members (excludes halogenated alkanes) is 6. The van der Waals surface area contributed by atoms with Gasteiger partial charge in [0.05, 0.1) is 0 Å². The van der Waals surface area contributed by atoms with Gasteiger partial charge in [0.15, 0.2) is 5.96 Å². The van der Waals surface area contributed by atoms with Crippen LogP contribution in [-0.4, -0.2) is 36.5 Å². The van der Waals surface area contributed by atoms with E-state index in [0.29, 0.717) is 12.5 Å². The minimum Gasteiger partial charge on any atom is -0.370 e. The van der Waals surface area contributed by atoms with Gasteiger partial charge in [0.2, 0.25) is 5.96 Å². The second-order valence-corrected chi connectivity index (χ2v) is 7.06. The molecule has 0 bridgehead atoms. The third-order valence-electron chi connectivity index (χ3n) is 4.57. The molecule has 0 aromatic heterocycles. The van der Waals surface area contributed by atoms with E-state index in [1.54, 1.807) is 0 Å². The molecule has 0 amide bonds. The molecule has 1 aromatic carbocycles. The van der Waals surface area contributed by atoms with Crippen molar-refractivity contribution >= 4 is 24.3 Å². The molecular weight excluding hydrogens is 370 g/mol. The Balaban J connectivity index is 0.00000729. The molecule has 1 aromatic rings. The molecule has 0 heterocycles. The van der Waals surface area contributed by atoms with Crippen LogP contribution < -0.4 is 11.5 Å². The van der Waals surface area contributed by atoms with Gasteiger partial charge in [0.25, 0.3) is 0 Å². The van der Waals surface area contributed by atoms with E-state index >= 15 is 0 Å². The first-order chi connectivity index (χ1) is 13.2. The van der Waals surface area contributed by atoms with Crippen molar-refractivity contribution in [2.24, 2.45) is 21.5 Å². The fourth-order valence-corrected chi connectivity index (χ4v) is 3.02. The summed E-state index contributed by atoms with van der Waals surface area (Å²) in [4.78, 5) is 11.4. The van der Waals surface area contributed by atoms with Crippen molar-refractivity contribution in [2.75, 3.05) is 19.6 Å². The molecule has 1 rings (SSSR count). The predicted octanol–water partition coefficient (Wildman–Crippen LogP) is 4.74. The van der Waals surface area contributed by atoms with Crippen LogP contribution in [0.5, 0.6) is 0 Å². The number of rotatable bonds is 13. The maximum atomic E-state index is 5.69. The largest absolute Gasteiger partial charge is 0.370 e. The fourth-order valence-electron chi connectivity index (χ4n) is 3.02. The van der Waals surface area contributed by atoms with Gasteiger partial charge in [0.1, 0.15) is 0 Å². The maximum absolute atomic E-state index is 5.69. The molecule has 0 unspecified atom stereocenters.